The number of β-lactam (4-membered cyclic amide) rings is 1. The molecule has 0 saturated carbocycles. The summed E-state index contributed by atoms with van der Waals surface area (Å²) in [7, 11) is -3.67. The van der Waals surface area contributed by atoms with Crippen LogP contribution >= 0.6 is 22.1 Å². The number of aromatic hydroxyl groups is 1. The molecule has 1 aromatic carbocycles. The molecule has 3 aromatic rings. The van der Waals surface area contributed by atoms with Gasteiger partial charge in [0.2, 0.25) is 5.43 Å². The lowest BCUT2D eigenvalue weighted by Gasteiger charge is -2.47. The minimum absolute atomic E-state index is 0.0346. The van der Waals surface area contributed by atoms with Crippen LogP contribution in [-0.4, -0.2) is 79.3 Å². The molecular weight excluding hydrogens is 616 g/mol. The number of nitrogens with one attached hydrogen (secondary N) is 5. The van der Waals surface area contributed by atoms with E-state index in [-0.39, 0.29) is 33.5 Å². The summed E-state index contributed by atoms with van der Waals surface area (Å²) in [6, 6.07) is 3.71. The molecule has 1 fully saturated rings. The van der Waals surface area contributed by atoms with Gasteiger partial charge in [-0.15, -0.1) is 22.1 Å². The molecule has 1 saturated heterocycles. The Morgan fingerprint density at radius 3 is 2.67 bits per heavy atom. The van der Waals surface area contributed by atoms with Crippen molar-refractivity contribution in [2.24, 2.45) is 0 Å². The number of benzene rings is 1. The van der Waals surface area contributed by atoms with Gasteiger partial charge in [0.15, 0.2) is 10.9 Å². The van der Waals surface area contributed by atoms with E-state index in [1.165, 1.54) is 29.6 Å². The van der Waals surface area contributed by atoms with Gasteiger partial charge in [0, 0.05) is 35.4 Å². The standard InChI is InChI=1S/C22H24N8O9S3/c23-17(13-9-40-22(24)28-13)20(34)29-18-14(30(21(18)35)41(36)37)7-26-19(33)10-2-1-3-12(4-10)42(38,39)27-6-11-5-15(31)16(32)8-25-11/h1-5,8-9,14,18,23,27,32,38-39H,6-7H2,(H2,24,28)(H,25,31)(H,26,33)(H,29,34)(H,36,37)/p-1. The molecule has 0 aliphatic carbocycles. The molecular formula is C22H23N8O9S3-. The van der Waals surface area contributed by atoms with E-state index in [9.17, 15) is 42.2 Å². The predicted molar refractivity (Wildman–Crippen MR) is 150 cm³/mol. The smallest absolute Gasteiger partial charge is 0.272 e. The molecule has 4 rings (SSSR count). The highest BCUT2D eigenvalue weighted by Crippen LogP contribution is 2.44. The number of carbonyl (C=O) groups excluding carboxylic acids is 3. The van der Waals surface area contributed by atoms with Crippen molar-refractivity contribution in [1.82, 2.24) is 29.6 Å². The fourth-order valence-corrected chi connectivity index (χ4v) is 6.09. The Morgan fingerprint density at radius 2 is 2.02 bits per heavy atom. The van der Waals surface area contributed by atoms with Gasteiger partial charge in [-0.3, -0.25) is 42.2 Å². The van der Waals surface area contributed by atoms with E-state index in [0.29, 0.717) is 4.31 Å². The third-order valence-corrected chi connectivity index (χ3v) is 8.84. The number of carbonyl (C=O) groups is 3. The van der Waals surface area contributed by atoms with Gasteiger partial charge >= 0.3 is 0 Å². The molecule has 3 amide bonds. The van der Waals surface area contributed by atoms with Crippen molar-refractivity contribution in [3.8, 4) is 5.75 Å². The maximum Gasteiger partial charge on any atom is 0.272 e. The number of nitrogen functional groups attached to an aromatic ring is 1. The summed E-state index contributed by atoms with van der Waals surface area (Å²) in [6.07, 6.45) is 1.05. The highest BCUT2D eigenvalue weighted by Gasteiger charge is 2.49. The maximum absolute atomic E-state index is 12.9. The predicted octanol–water partition coefficient (Wildman–Crippen LogP) is -0.779. The Labute approximate surface area is 244 Å². The first-order valence-corrected chi connectivity index (χ1v) is 15.1. The number of aromatic nitrogens is 2. The van der Waals surface area contributed by atoms with Crippen molar-refractivity contribution >= 4 is 61.9 Å². The van der Waals surface area contributed by atoms with Crippen molar-refractivity contribution in [1.29, 1.82) is 5.41 Å². The van der Waals surface area contributed by atoms with E-state index in [1.807, 2.05) is 0 Å². The largest absolute Gasteiger partial charge is 0.755 e. The summed E-state index contributed by atoms with van der Waals surface area (Å²) in [4.78, 5) is 55.7. The van der Waals surface area contributed by atoms with E-state index in [2.05, 4.69) is 25.3 Å². The number of anilines is 1. The number of thiazole rings is 1. The molecule has 0 spiro atoms. The second kappa shape index (κ2) is 12.4. The quantitative estimate of drug-likeness (QED) is 0.0709. The van der Waals surface area contributed by atoms with Crippen LogP contribution < -0.4 is 26.5 Å². The molecule has 10 N–H and O–H groups in total. The lowest BCUT2D eigenvalue weighted by molar-refractivity contribution is -0.144. The number of hydrogen-bond acceptors (Lipinski definition) is 14. The Morgan fingerprint density at radius 1 is 1.29 bits per heavy atom. The first kappa shape index (κ1) is 30.8. The molecule has 3 unspecified atom stereocenters. The van der Waals surface area contributed by atoms with E-state index in [0.717, 1.165) is 23.6 Å². The van der Waals surface area contributed by atoms with Gasteiger partial charge in [-0.2, -0.15) is 0 Å². The Kier molecular flexibility index (Phi) is 9.06. The van der Waals surface area contributed by atoms with Crippen molar-refractivity contribution in [3.05, 3.63) is 69.1 Å². The lowest BCUT2D eigenvalue weighted by atomic mass is 9.98. The molecule has 2 aromatic heterocycles. The minimum atomic E-state index is -3.67. The van der Waals surface area contributed by atoms with Crippen LogP contribution in [0.2, 0.25) is 0 Å². The van der Waals surface area contributed by atoms with E-state index in [4.69, 9.17) is 11.1 Å². The van der Waals surface area contributed by atoms with Crippen LogP contribution in [-0.2, 0) is 27.4 Å². The fraction of sp³-hybridized carbons (Fsp3) is 0.182. The summed E-state index contributed by atoms with van der Waals surface area (Å²) in [5, 5.41) is 23.5. The van der Waals surface area contributed by atoms with Crippen LogP contribution in [0.25, 0.3) is 0 Å². The second-order valence-electron chi connectivity index (χ2n) is 8.66. The van der Waals surface area contributed by atoms with Crippen molar-refractivity contribution in [2.45, 2.75) is 23.5 Å². The molecule has 0 bridgehead atoms. The lowest BCUT2D eigenvalue weighted by Crippen LogP contribution is -2.73. The average molecular weight is 640 g/mol. The van der Waals surface area contributed by atoms with Crippen molar-refractivity contribution < 1.29 is 37.4 Å². The van der Waals surface area contributed by atoms with Crippen LogP contribution in [0.1, 0.15) is 21.7 Å². The number of nitrogens with zero attached hydrogens (tertiary/aromatic N) is 2. The zero-order valence-corrected chi connectivity index (χ0v) is 23.5. The van der Waals surface area contributed by atoms with Crippen LogP contribution in [0.15, 0.2) is 51.6 Å². The third-order valence-electron chi connectivity index (χ3n) is 5.93. The number of hydrogen-bond donors (Lipinski definition) is 9. The van der Waals surface area contributed by atoms with Gasteiger partial charge in [0.05, 0.1) is 28.7 Å². The number of rotatable bonds is 11. The number of amides is 3. The van der Waals surface area contributed by atoms with Gasteiger partial charge in [0.1, 0.15) is 17.4 Å². The summed E-state index contributed by atoms with van der Waals surface area (Å²) in [5.41, 5.74) is 4.41. The van der Waals surface area contributed by atoms with Crippen LogP contribution in [0, 0.1) is 5.41 Å². The number of H-pyrrole nitrogens is 1. The van der Waals surface area contributed by atoms with Crippen LogP contribution in [0.3, 0.4) is 0 Å². The maximum atomic E-state index is 12.9. The zero-order valence-electron chi connectivity index (χ0n) is 21.1. The average Bonchev–Trinajstić information content (AvgIpc) is 3.39. The Balaban J connectivity index is 1.41. The van der Waals surface area contributed by atoms with Gasteiger partial charge in [-0.05, 0) is 18.2 Å². The third kappa shape index (κ3) is 6.65. The summed E-state index contributed by atoms with van der Waals surface area (Å²) >= 11 is -2.02. The minimum Gasteiger partial charge on any atom is -0.755 e. The van der Waals surface area contributed by atoms with Gasteiger partial charge < -0.3 is 31.0 Å². The molecule has 224 valence electrons. The van der Waals surface area contributed by atoms with Crippen LogP contribution in [0.4, 0.5) is 5.13 Å². The fourth-order valence-electron chi connectivity index (χ4n) is 3.78. The zero-order chi connectivity index (χ0) is 30.8. The Bertz CT molecular complexity index is 1640. The van der Waals surface area contributed by atoms with Crippen LogP contribution in [0.5, 0.6) is 5.75 Å². The second-order valence-corrected chi connectivity index (χ2v) is 12.2. The summed E-state index contributed by atoms with van der Waals surface area (Å²) in [6.45, 7) is -0.625. The molecule has 1 aliphatic heterocycles. The van der Waals surface area contributed by atoms with Gasteiger partial charge in [0.25, 0.3) is 17.7 Å². The van der Waals surface area contributed by atoms with Gasteiger partial charge in [-0.1, -0.05) is 6.07 Å². The number of nitrogens with two attached hydrogens (primary N) is 1. The monoisotopic (exact) mass is 639 g/mol. The highest BCUT2D eigenvalue weighted by molar-refractivity contribution is 8.22. The summed E-state index contributed by atoms with van der Waals surface area (Å²) in [5.74, 6) is -3.25. The summed E-state index contributed by atoms with van der Waals surface area (Å²) < 4.78 is 47.2. The molecule has 0 radical (unpaired) electrons. The Hall–Kier alpha value is -4.18. The molecule has 3 atom stereocenters. The topological polar surface area (TPSA) is 287 Å². The SMILES string of the molecule is N=C(C(=O)NC1C(=O)N(S(=O)[O-])C1CNC(=O)c1cccc(S(O)(O)NCc2cc(=O)c(O)c[nH]2)c1)c1csc(N)n1. The van der Waals surface area contributed by atoms with E-state index < -0.39 is 75.3 Å². The number of aromatic amines is 1. The molecule has 20 heteroatoms. The molecule has 3 heterocycles. The first-order chi connectivity index (χ1) is 19.8. The molecule has 17 nitrogen and oxygen atoms in total. The molecule has 42 heavy (non-hydrogen) atoms. The van der Waals surface area contributed by atoms with Crippen molar-refractivity contribution in [3.63, 3.8) is 0 Å². The van der Waals surface area contributed by atoms with E-state index in [1.54, 1.807) is 0 Å². The number of pyridine rings is 1. The molecule has 1 aliphatic rings. The normalized spacial score (nSPS) is 17.7. The van der Waals surface area contributed by atoms with E-state index >= 15 is 0 Å². The first-order valence-electron chi connectivity index (χ1n) is 11.6. The van der Waals surface area contributed by atoms with Crippen molar-refractivity contribution in [2.75, 3.05) is 12.3 Å². The highest BCUT2D eigenvalue weighted by atomic mass is 32.3. The van der Waals surface area contributed by atoms with Gasteiger partial charge in [-0.25, -0.2) is 9.71 Å².